The van der Waals surface area contributed by atoms with Gasteiger partial charge in [0, 0.05) is 19.3 Å². The molecule has 0 bridgehead atoms. The number of unbranched alkanes of at least 4 members (excludes halogenated alkanes) is 36. The second-order valence-corrected chi connectivity index (χ2v) is 19.6. The monoisotopic (exact) mass is 927 g/mol. The van der Waals surface area contributed by atoms with Gasteiger partial charge in [0.2, 0.25) is 0 Å². The van der Waals surface area contributed by atoms with E-state index in [0.717, 1.165) is 77.0 Å². The Hall–Kier alpha value is -2.37. The maximum Gasteiger partial charge on any atom is 0.306 e. The highest BCUT2D eigenvalue weighted by Crippen LogP contribution is 2.16. The summed E-state index contributed by atoms with van der Waals surface area (Å²) in [5, 5.41) is 0. The first-order valence-electron chi connectivity index (χ1n) is 29.0. The van der Waals surface area contributed by atoms with E-state index in [1.165, 1.54) is 193 Å². The first kappa shape index (κ1) is 63.6. The summed E-state index contributed by atoms with van der Waals surface area (Å²) < 4.78 is 16.9. The third-order valence-corrected chi connectivity index (χ3v) is 12.9. The topological polar surface area (TPSA) is 78.9 Å². The van der Waals surface area contributed by atoms with Crippen LogP contribution < -0.4 is 0 Å². The highest BCUT2D eigenvalue weighted by Gasteiger charge is 2.19. The molecule has 0 saturated heterocycles. The molecule has 0 N–H and O–H groups in total. The molecule has 0 aromatic rings. The standard InChI is InChI=1S/C60H110O6/c1-4-7-10-13-16-19-22-25-28-30-31-33-35-38-41-44-47-50-53-59(62)65-56-57(55-64-58(61)52-49-46-43-40-37-34-27-24-21-18-15-12-9-6-3)66-60(63)54-51-48-45-42-39-36-32-29-26-23-20-17-14-11-8-5-2/h15,18,24,27-28,30,57H,4-14,16-17,19-23,25-26,29,31-56H2,1-3H3/b18-15-,27-24-,30-28-. The fourth-order valence-corrected chi connectivity index (χ4v) is 8.46. The Labute approximate surface area is 410 Å². The van der Waals surface area contributed by atoms with Crippen molar-refractivity contribution in [1.82, 2.24) is 0 Å². The molecule has 0 aromatic carbocycles. The fourth-order valence-electron chi connectivity index (χ4n) is 8.46. The summed E-state index contributed by atoms with van der Waals surface area (Å²) in [5.74, 6) is -0.876. The average Bonchev–Trinajstić information content (AvgIpc) is 3.31. The quantitative estimate of drug-likeness (QED) is 0.0262. The van der Waals surface area contributed by atoms with E-state index >= 15 is 0 Å². The first-order valence-corrected chi connectivity index (χ1v) is 29.0. The molecule has 0 radical (unpaired) electrons. The molecule has 0 aliphatic heterocycles. The zero-order valence-electron chi connectivity index (χ0n) is 44.2. The number of rotatable bonds is 53. The third-order valence-electron chi connectivity index (χ3n) is 12.9. The van der Waals surface area contributed by atoms with Gasteiger partial charge in [0.05, 0.1) is 0 Å². The minimum absolute atomic E-state index is 0.0755. The molecule has 0 spiro atoms. The Kier molecular flexibility index (Phi) is 53.2. The lowest BCUT2D eigenvalue weighted by atomic mass is 10.0. The number of carbonyl (C=O) groups excluding carboxylic acids is 3. The number of carbonyl (C=O) groups is 3. The predicted octanol–water partition coefficient (Wildman–Crippen LogP) is 19.3. The van der Waals surface area contributed by atoms with Crippen molar-refractivity contribution in [3.8, 4) is 0 Å². The summed E-state index contributed by atoms with van der Waals surface area (Å²) in [5.41, 5.74) is 0. The summed E-state index contributed by atoms with van der Waals surface area (Å²) in [6.07, 6.45) is 65.6. The van der Waals surface area contributed by atoms with E-state index in [0.29, 0.717) is 19.3 Å². The van der Waals surface area contributed by atoms with Crippen LogP contribution >= 0.6 is 0 Å². The van der Waals surface area contributed by atoms with Crippen molar-refractivity contribution in [1.29, 1.82) is 0 Å². The average molecular weight is 928 g/mol. The molecule has 386 valence electrons. The smallest absolute Gasteiger partial charge is 0.306 e. The molecule has 0 aliphatic carbocycles. The van der Waals surface area contributed by atoms with E-state index in [1.807, 2.05) is 0 Å². The van der Waals surface area contributed by atoms with Gasteiger partial charge in [-0.2, -0.15) is 0 Å². The second-order valence-electron chi connectivity index (χ2n) is 19.6. The SMILES string of the molecule is CCCC/C=C\C/C=C\CCCCCCCC(=O)OCC(COC(=O)CCCCCCCCC/C=C\CCCCCCCCC)OC(=O)CCCCCCCCCCCCCCCCCC. The Morgan fingerprint density at radius 1 is 0.303 bits per heavy atom. The molecule has 6 heteroatoms. The van der Waals surface area contributed by atoms with Crippen LogP contribution in [0.1, 0.15) is 310 Å². The van der Waals surface area contributed by atoms with Crippen molar-refractivity contribution >= 4 is 17.9 Å². The van der Waals surface area contributed by atoms with Gasteiger partial charge in [-0.3, -0.25) is 14.4 Å². The molecule has 0 rings (SSSR count). The molecular formula is C60H110O6. The molecule has 1 unspecified atom stereocenters. The van der Waals surface area contributed by atoms with E-state index in [9.17, 15) is 14.4 Å². The van der Waals surface area contributed by atoms with Crippen LogP contribution in [0.3, 0.4) is 0 Å². The van der Waals surface area contributed by atoms with Crippen LogP contribution in [-0.2, 0) is 28.6 Å². The first-order chi connectivity index (χ1) is 32.5. The lowest BCUT2D eigenvalue weighted by Crippen LogP contribution is -2.30. The van der Waals surface area contributed by atoms with Crippen molar-refractivity contribution < 1.29 is 28.6 Å². The third kappa shape index (κ3) is 52.6. The van der Waals surface area contributed by atoms with Gasteiger partial charge in [-0.15, -0.1) is 0 Å². The van der Waals surface area contributed by atoms with Crippen LogP contribution in [-0.4, -0.2) is 37.2 Å². The Morgan fingerprint density at radius 2 is 0.561 bits per heavy atom. The lowest BCUT2D eigenvalue weighted by molar-refractivity contribution is -0.167. The Bertz CT molecular complexity index is 1110. The van der Waals surface area contributed by atoms with Crippen molar-refractivity contribution in [3.63, 3.8) is 0 Å². The molecule has 0 saturated carbocycles. The Balaban J connectivity index is 4.35. The van der Waals surface area contributed by atoms with Crippen molar-refractivity contribution in [2.75, 3.05) is 13.2 Å². The van der Waals surface area contributed by atoms with Crippen LogP contribution in [0.15, 0.2) is 36.5 Å². The number of allylic oxidation sites excluding steroid dienone is 6. The number of hydrogen-bond donors (Lipinski definition) is 0. The van der Waals surface area contributed by atoms with E-state index in [-0.39, 0.29) is 31.1 Å². The molecule has 6 nitrogen and oxygen atoms in total. The van der Waals surface area contributed by atoms with E-state index in [1.54, 1.807) is 0 Å². The molecule has 0 amide bonds. The van der Waals surface area contributed by atoms with Crippen LogP contribution in [0.4, 0.5) is 0 Å². The van der Waals surface area contributed by atoms with Crippen molar-refractivity contribution in [3.05, 3.63) is 36.5 Å². The number of esters is 3. The molecule has 1 atom stereocenters. The van der Waals surface area contributed by atoms with Crippen molar-refractivity contribution in [2.45, 2.75) is 316 Å². The van der Waals surface area contributed by atoms with Crippen molar-refractivity contribution in [2.24, 2.45) is 0 Å². The summed E-state index contributed by atoms with van der Waals surface area (Å²) in [4.78, 5) is 38.1. The fraction of sp³-hybridized carbons (Fsp3) is 0.850. The summed E-state index contributed by atoms with van der Waals surface area (Å²) in [6, 6.07) is 0. The number of ether oxygens (including phenoxy) is 3. The largest absolute Gasteiger partial charge is 0.462 e. The molecule has 0 aliphatic rings. The van der Waals surface area contributed by atoms with E-state index in [4.69, 9.17) is 14.2 Å². The van der Waals surface area contributed by atoms with Crippen LogP contribution in [0, 0.1) is 0 Å². The minimum atomic E-state index is -0.776. The van der Waals surface area contributed by atoms with Gasteiger partial charge < -0.3 is 14.2 Å². The van der Waals surface area contributed by atoms with E-state index in [2.05, 4.69) is 57.2 Å². The Morgan fingerprint density at radius 3 is 0.894 bits per heavy atom. The molecule has 0 heterocycles. The van der Waals surface area contributed by atoms with Gasteiger partial charge in [0.15, 0.2) is 6.10 Å². The molecule has 0 fully saturated rings. The highest BCUT2D eigenvalue weighted by molar-refractivity contribution is 5.71. The van der Waals surface area contributed by atoms with Gasteiger partial charge >= 0.3 is 17.9 Å². The van der Waals surface area contributed by atoms with Gasteiger partial charge in [0.25, 0.3) is 0 Å². The molecular weight excluding hydrogens is 817 g/mol. The second kappa shape index (κ2) is 55.2. The zero-order valence-corrected chi connectivity index (χ0v) is 44.2. The lowest BCUT2D eigenvalue weighted by Gasteiger charge is -2.18. The summed E-state index contributed by atoms with van der Waals surface area (Å²) >= 11 is 0. The zero-order chi connectivity index (χ0) is 47.9. The number of hydrogen-bond acceptors (Lipinski definition) is 6. The van der Waals surface area contributed by atoms with E-state index < -0.39 is 6.10 Å². The van der Waals surface area contributed by atoms with Gasteiger partial charge in [-0.1, -0.05) is 256 Å². The van der Waals surface area contributed by atoms with Gasteiger partial charge in [-0.05, 0) is 70.6 Å². The normalized spacial score (nSPS) is 12.2. The summed E-state index contributed by atoms with van der Waals surface area (Å²) in [7, 11) is 0. The highest BCUT2D eigenvalue weighted by atomic mass is 16.6. The summed E-state index contributed by atoms with van der Waals surface area (Å²) in [6.45, 7) is 6.62. The van der Waals surface area contributed by atoms with Crippen LogP contribution in [0.25, 0.3) is 0 Å². The molecule has 66 heavy (non-hydrogen) atoms. The maximum absolute atomic E-state index is 12.8. The van der Waals surface area contributed by atoms with Gasteiger partial charge in [0.1, 0.15) is 13.2 Å². The molecule has 0 aromatic heterocycles. The predicted molar refractivity (Wildman–Crippen MR) is 284 cm³/mol. The van der Waals surface area contributed by atoms with Crippen LogP contribution in [0.5, 0.6) is 0 Å². The van der Waals surface area contributed by atoms with Gasteiger partial charge in [-0.25, -0.2) is 0 Å². The van der Waals surface area contributed by atoms with Crippen LogP contribution in [0.2, 0.25) is 0 Å². The maximum atomic E-state index is 12.8. The minimum Gasteiger partial charge on any atom is -0.462 e.